The first-order valence-electron chi connectivity index (χ1n) is 4.51. The molecule has 0 aliphatic heterocycles. The summed E-state index contributed by atoms with van der Waals surface area (Å²) in [6.07, 6.45) is 0. The number of nitrogens with zero attached hydrogens (tertiary/aromatic N) is 1. The van der Waals surface area contributed by atoms with Gasteiger partial charge in [-0.15, -0.1) is 0 Å². The summed E-state index contributed by atoms with van der Waals surface area (Å²) in [5.74, 6) is 0.473. The molecule has 0 heterocycles. The van der Waals surface area contributed by atoms with E-state index < -0.39 is 0 Å². The molecule has 1 aromatic carbocycles. The minimum absolute atomic E-state index is 0.0127. The fraction of sp³-hybridized carbons (Fsp3) is 0.273. The number of carbonyl (C=O) groups excluding carboxylic acids is 1. The van der Waals surface area contributed by atoms with Crippen LogP contribution in [0.3, 0.4) is 0 Å². The summed E-state index contributed by atoms with van der Waals surface area (Å²) < 4.78 is 5.11. The largest absolute Gasteiger partial charge is 0.479 e. The topological polar surface area (TPSA) is 62.1 Å². The lowest BCUT2D eigenvalue weighted by Crippen LogP contribution is -2.18. The monoisotopic (exact) mass is 204 g/mol. The molecule has 1 amide bonds. The summed E-state index contributed by atoms with van der Waals surface area (Å²) >= 11 is 0. The molecule has 0 aliphatic rings. The normalized spacial score (nSPS) is 9.13. The van der Waals surface area contributed by atoms with Gasteiger partial charge in [0.15, 0.2) is 6.61 Å². The van der Waals surface area contributed by atoms with E-state index in [0.717, 1.165) is 5.56 Å². The number of nitrogens with one attached hydrogen (secondary N) is 1. The van der Waals surface area contributed by atoms with Gasteiger partial charge in [0.1, 0.15) is 11.8 Å². The van der Waals surface area contributed by atoms with Crippen LogP contribution in [0.1, 0.15) is 15.9 Å². The van der Waals surface area contributed by atoms with Gasteiger partial charge < -0.3 is 10.1 Å². The van der Waals surface area contributed by atoms with Crippen LogP contribution in [0.25, 0.3) is 0 Å². The summed E-state index contributed by atoms with van der Waals surface area (Å²) in [6, 6.07) is 6.98. The highest BCUT2D eigenvalue weighted by Crippen LogP contribution is 2.16. The van der Waals surface area contributed by atoms with Crippen LogP contribution in [-0.2, 0) is 0 Å². The summed E-state index contributed by atoms with van der Waals surface area (Å²) in [5, 5.41) is 10.9. The molecule has 1 rings (SSSR count). The lowest BCUT2D eigenvalue weighted by Gasteiger charge is -2.07. The van der Waals surface area contributed by atoms with E-state index in [1.165, 1.54) is 0 Å². The molecular weight excluding hydrogens is 192 g/mol. The Bertz CT molecular complexity index is 408. The van der Waals surface area contributed by atoms with Crippen LogP contribution in [-0.4, -0.2) is 19.6 Å². The Morgan fingerprint density at radius 3 is 2.87 bits per heavy atom. The first-order valence-corrected chi connectivity index (χ1v) is 4.51. The zero-order valence-electron chi connectivity index (χ0n) is 8.70. The summed E-state index contributed by atoms with van der Waals surface area (Å²) in [4.78, 5) is 11.4. The average Bonchev–Trinajstić information content (AvgIpc) is 2.25. The molecule has 1 N–H and O–H groups in total. The Hall–Kier alpha value is -2.02. The standard InChI is InChI=1S/C11H12N2O2/c1-8-7-9(15-6-5-12)3-4-10(8)11(14)13-2/h3-4,7H,6H2,1-2H3,(H,13,14). The van der Waals surface area contributed by atoms with Gasteiger partial charge in [-0.05, 0) is 30.7 Å². The third-order valence-corrected chi connectivity index (χ3v) is 1.97. The molecule has 0 unspecified atom stereocenters. The van der Waals surface area contributed by atoms with Gasteiger partial charge in [0.2, 0.25) is 0 Å². The van der Waals surface area contributed by atoms with E-state index in [0.29, 0.717) is 11.3 Å². The first-order chi connectivity index (χ1) is 7.19. The molecule has 0 saturated heterocycles. The second-order valence-corrected chi connectivity index (χ2v) is 3.00. The zero-order valence-corrected chi connectivity index (χ0v) is 8.70. The molecule has 0 aliphatic carbocycles. The number of aryl methyl sites for hydroxylation is 1. The molecule has 0 bridgehead atoms. The number of amides is 1. The van der Waals surface area contributed by atoms with Crippen molar-refractivity contribution in [3.63, 3.8) is 0 Å². The predicted molar refractivity (Wildman–Crippen MR) is 55.7 cm³/mol. The molecule has 4 nitrogen and oxygen atoms in total. The molecule has 1 aromatic rings. The number of hydrogen-bond donors (Lipinski definition) is 1. The van der Waals surface area contributed by atoms with Gasteiger partial charge in [0, 0.05) is 12.6 Å². The molecule has 78 valence electrons. The van der Waals surface area contributed by atoms with Crippen molar-refractivity contribution in [2.45, 2.75) is 6.92 Å². The Morgan fingerprint density at radius 2 is 2.33 bits per heavy atom. The minimum atomic E-state index is -0.126. The van der Waals surface area contributed by atoms with E-state index in [1.807, 2.05) is 13.0 Å². The quantitative estimate of drug-likeness (QED) is 0.806. The van der Waals surface area contributed by atoms with Crippen LogP contribution in [0, 0.1) is 18.3 Å². The van der Waals surface area contributed by atoms with Crippen LogP contribution < -0.4 is 10.1 Å². The third-order valence-electron chi connectivity index (χ3n) is 1.97. The summed E-state index contributed by atoms with van der Waals surface area (Å²) in [7, 11) is 1.59. The Labute approximate surface area is 88.5 Å². The fourth-order valence-corrected chi connectivity index (χ4v) is 1.23. The van der Waals surface area contributed by atoms with E-state index >= 15 is 0 Å². The maximum Gasteiger partial charge on any atom is 0.251 e. The molecule has 0 atom stereocenters. The van der Waals surface area contributed by atoms with Gasteiger partial charge >= 0.3 is 0 Å². The maximum atomic E-state index is 11.4. The van der Waals surface area contributed by atoms with Crippen LogP contribution in [0.2, 0.25) is 0 Å². The predicted octanol–water partition coefficient (Wildman–Crippen LogP) is 1.26. The Kier molecular flexibility index (Phi) is 3.69. The van der Waals surface area contributed by atoms with E-state index in [1.54, 1.807) is 25.2 Å². The molecule has 0 aromatic heterocycles. The smallest absolute Gasteiger partial charge is 0.251 e. The van der Waals surface area contributed by atoms with Crippen molar-refractivity contribution in [3.05, 3.63) is 29.3 Å². The maximum absolute atomic E-state index is 11.4. The Morgan fingerprint density at radius 1 is 1.60 bits per heavy atom. The lowest BCUT2D eigenvalue weighted by molar-refractivity contribution is 0.0962. The Balaban J connectivity index is 2.89. The molecule has 15 heavy (non-hydrogen) atoms. The van der Waals surface area contributed by atoms with E-state index in [4.69, 9.17) is 10.00 Å². The van der Waals surface area contributed by atoms with Gasteiger partial charge in [-0.1, -0.05) is 0 Å². The molecule has 0 spiro atoms. The minimum Gasteiger partial charge on any atom is -0.479 e. The van der Waals surface area contributed by atoms with Gasteiger partial charge in [-0.25, -0.2) is 0 Å². The van der Waals surface area contributed by atoms with Crippen LogP contribution in [0.5, 0.6) is 5.75 Å². The van der Waals surface area contributed by atoms with Crippen molar-refractivity contribution in [3.8, 4) is 11.8 Å². The molecule has 4 heteroatoms. The van der Waals surface area contributed by atoms with Crippen LogP contribution >= 0.6 is 0 Å². The van der Waals surface area contributed by atoms with Crippen LogP contribution in [0.15, 0.2) is 18.2 Å². The van der Waals surface area contributed by atoms with E-state index in [-0.39, 0.29) is 12.5 Å². The molecular formula is C11H12N2O2. The van der Waals surface area contributed by atoms with Gasteiger partial charge in [-0.3, -0.25) is 4.79 Å². The highest BCUT2D eigenvalue weighted by molar-refractivity contribution is 5.95. The number of carbonyl (C=O) groups is 1. The van der Waals surface area contributed by atoms with E-state index in [9.17, 15) is 4.79 Å². The molecule has 0 radical (unpaired) electrons. The fourth-order valence-electron chi connectivity index (χ4n) is 1.23. The molecule has 0 saturated carbocycles. The zero-order chi connectivity index (χ0) is 11.3. The van der Waals surface area contributed by atoms with Crippen LogP contribution in [0.4, 0.5) is 0 Å². The number of benzene rings is 1. The number of ether oxygens (including phenoxy) is 1. The first kappa shape index (κ1) is 11.1. The molecule has 0 fully saturated rings. The van der Waals surface area contributed by atoms with Gasteiger partial charge in [-0.2, -0.15) is 5.26 Å². The highest BCUT2D eigenvalue weighted by atomic mass is 16.5. The average molecular weight is 204 g/mol. The lowest BCUT2D eigenvalue weighted by atomic mass is 10.1. The van der Waals surface area contributed by atoms with Crippen molar-refractivity contribution in [2.24, 2.45) is 0 Å². The van der Waals surface area contributed by atoms with E-state index in [2.05, 4.69) is 5.32 Å². The van der Waals surface area contributed by atoms with Crippen molar-refractivity contribution in [2.75, 3.05) is 13.7 Å². The second-order valence-electron chi connectivity index (χ2n) is 3.00. The summed E-state index contributed by atoms with van der Waals surface area (Å²) in [5.41, 5.74) is 1.44. The second kappa shape index (κ2) is 5.01. The van der Waals surface area contributed by atoms with Crippen molar-refractivity contribution in [1.29, 1.82) is 5.26 Å². The number of rotatable bonds is 3. The summed E-state index contributed by atoms with van der Waals surface area (Å²) in [6.45, 7) is 1.84. The van der Waals surface area contributed by atoms with Crippen molar-refractivity contribution < 1.29 is 9.53 Å². The van der Waals surface area contributed by atoms with Gasteiger partial charge in [0.25, 0.3) is 5.91 Å². The third kappa shape index (κ3) is 2.71. The SMILES string of the molecule is CNC(=O)c1ccc(OCC#N)cc1C. The number of nitriles is 1. The van der Waals surface area contributed by atoms with Crippen molar-refractivity contribution in [1.82, 2.24) is 5.32 Å². The van der Waals surface area contributed by atoms with Crippen molar-refractivity contribution >= 4 is 5.91 Å². The highest BCUT2D eigenvalue weighted by Gasteiger charge is 2.07. The van der Waals surface area contributed by atoms with Gasteiger partial charge in [0.05, 0.1) is 0 Å². The number of hydrogen-bond acceptors (Lipinski definition) is 3.